The van der Waals surface area contributed by atoms with Crippen LogP contribution in [0.15, 0.2) is 48.5 Å². The molecule has 4 nitrogen and oxygen atoms in total. The van der Waals surface area contributed by atoms with Crippen LogP contribution >= 0.6 is 11.6 Å². The highest BCUT2D eigenvalue weighted by Crippen LogP contribution is 2.12. The monoisotopic (exact) mass is 331 g/mol. The van der Waals surface area contributed by atoms with Gasteiger partial charge in [-0.1, -0.05) is 41.4 Å². The molecule has 23 heavy (non-hydrogen) atoms. The first-order valence-corrected chi connectivity index (χ1v) is 7.63. The predicted octanol–water partition coefficient (Wildman–Crippen LogP) is 3.76. The number of nitrogens with one attached hydrogen (secondary N) is 1. The zero-order valence-electron chi connectivity index (χ0n) is 13.0. The van der Waals surface area contributed by atoms with E-state index < -0.39 is 12.1 Å². The maximum atomic E-state index is 12.0. The fourth-order valence-electron chi connectivity index (χ4n) is 1.94. The maximum Gasteiger partial charge on any atom is 0.311 e. The summed E-state index contributed by atoms with van der Waals surface area (Å²) in [4.78, 5) is 23.9. The van der Waals surface area contributed by atoms with Gasteiger partial charge in [-0.3, -0.25) is 9.59 Å². The quantitative estimate of drug-likeness (QED) is 0.849. The molecule has 2 aromatic rings. The molecule has 0 radical (unpaired) electrons. The predicted molar refractivity (Wildman–Crippen MR) is 90.5 cm³/mol. The molecule has 0 aliphatic carbocycles. The van der Waals surface area contributed by atoms with E-state index in [0.717, 1.165) is 11.1 Å². The summed E-state index contributed by atoms with van der Waals surface area (Å²) in [6.07, 6.45) is -0.768. The first-order valence-electron chi connectivity index (χ1n) is 7.25. The Morgan fingerprint density at radius 3 is 2.30 bits per heavy atom. The Morgan fingerprint density at radius 2 is 1.70 bits per heavy atom. The highest BCUT2D eigenvalue weighted by Gasteiger charge is 2.18. The van der Waals surface area contributed by atoms with E-state index >= 15 is 0 Å². The molecule has 0 spiro atoms. The summed E-state index contributed by atoms with van der Waals surface area (Å²) in [7, 11) is 0. The van der Waals surface area contributed by atoms with Crippen molar-refractivity contribution in [2.45, 2.75) is 26.4 Å². The topological polar surface area (TPSA) is 55.4 Å². The van der Waals surface area contributed by atoms with E-state index in [2.05, 4.69) is 5.32 Å². The van der Waals surface area contributed by atoms with E-state index in [-0.39, 0.29) is 12.3 Å². The molecule has 1 atom stereocenters. The van der Waals surface area contributed by atoms with E-state index in [9.17, 15) is 9.59 Å². The summed E-state index contributed by atoms with van der Waals surface area (Å²) >= 11 is 5.79. The minimum Gasteiger partial charge on any atom is -0.452 e. The Balaban J connectivity index is 1.86. The number of rotatable bonds is 5. The van der Waals surface area contributed by atoms with Crippen molar-refractivity contribution in [2.75, 3.05) is 5.32 Å². The molecule has 1 N–H and O–H groups in total. The largest absolute Gasteiger partial charge is 0.452 e. The lowest BCUT2D eigenvalue weighted by Gasteiger charge is -2.13. The molecule has 0 aliphatic rings. The molecule has 0 saturated carbocycles. The van der Waals surface area contributed by atoms with Gasteiger partial charge >= 0.3 is 5.97 Å². The van der Waals surface area contributed by atoms with Crippen LogP contribution in [0.4, 0.5) is 5.69 Å². The minimum absolute atomic E-state index is 0.0965. The number of ether oxygens (including phenoxy) is 1. The first kappa shape index (κ1) is 17.0. The van der Waals surface area contributed by atoms with Crippen LogP contribution in [-0.4, -0.2) is 18.0 Å². The Hall–Kier alpha value is -2.33. The summed E-state index contributed by atoms with van der Waals surface area (Å²) in [5.74, 6) is -0.822. The average Bonchev–Trinajstić information content (AvgIpc) is 2.51. The standard InChI is InChI=1S/C18H18ClNO3/c1-12-3-9-16(10-4-12)20-18(22)13(2)23-17(21)11-14-5-7-15(19)8-6-14/h3-10,13H,11H2,1-2H3,(H,20,22)/t13-/m0/s1. The molecule has 0 aromatic heterocycles. The van der Waals surface area contributed by atoms with Gasteiger partial charge in [-0.05, 0) is 43.7 Å². The Kier molecular flexibility index (Phi) is 5.77. The summed E-state index contributed by atoms with van der Waals surface area (Å²) in [5, 5.41) is 3.32. The van der Waals surface area contributed by atoms with Crippen LogP contribution in [0.5, 0.6) is 0 Å². The van der Waals surface area contributed by atoms with Crippen LogP contribution in [-0.2, 0) is 20.7 Å². The molecular weight excluding hydrogens is 314 g/mol. The van der Waals surface area contributed by atoms with Crippen LogP contribution < -0.4 is 5.32 Å². The van der Waals surface area contributed by atoms with Crippen LogP contribution in [0.25, 0.3) is 0 Å². The third-order valence-corrected chi connectivity index (χ3v) is 3.51. The lowest BCUT2D eigenvalue weighted by atomic mass is 10.1. The fraction of sp³-hybridized carbons (Fsp3) is 0.222. The number of anilines is 1. The van der Waals surface area contributed by atoms with Crippen molar-refractivity contribution in [3.63, 3.8) is 0 Å². The van der Waals surface area contributed by atoms with Gasteiger partial charge in [0.25, 0.3) is 5.91 Å². The van der Waals surface area contributed by atoms with Gasteiger partial charge in [-0.15, -0.1) is 0 Å². The summed E-state index contributed by atoms with van der Waals surface area (Å²) in [5.41, 5.74) is 2.55. The Bertz CT molecular complexity index is 680. The van der Waals surface area contributed by atoms with Crippen LogP contribution in [0, 0.1) is 6.92 Å². The Labute approximate surface area is 140 Å². The second-order valence-corrected chi connectivity index (χ2v) is 5.73. The number of carbonyl (C=O) groups excluding carboxylic acids is 2. The molecule has 120 valence electrons. The van der Waals surface area contributed by atoms with Crippen molar-refractivity contribution in [1.82, 2.24) is 0 Å². The average molecular weight is 332 g/mol. The van der Waals surface area contributed by atoms with Gasteiger partial charge in [-0.25, -0.2) is 0 Å². The number of hydrogen-bond acceptors (Lipinski definition) is 3. The second kappa shape index (κ2) is 7.79. The minimum atomic E-state index is -0.865. The third kappa shape index (κ3) is 5.42. The van der Waals surface area contributed by atoms with E-state index in [4.69, 9.17) is 16.3 Å². The normalized spacial score (nSPS) is 11.6. The van der Waals surface area contributed by atoms with Gasteiger partial charge in [-0.2, -0.15) is 0 Å². The first-order chi connectivity index (χ1) is 10.9. The zero-order chi connectivity index (χ0) is 16.8. The highest BCUT2D eigenvalue weighted by molar-refractivity contribution is 6.30. The molecule has 2 rings (SSSR count). The molecule has 2 aromatic carbocycles. The molecule has 5 heteroatoms. The fourth-order valence-corrected chi connectivity index (χ4v) is 2.07. The lowest BCUT2D eigenvalue weighted by Crippen LogP contribution is -2.30. The van der Waals surface area contributed by atoms with Crippen LogP contribution in [0.3, 0.4) is 0 Å². The maximum absolute atomic E-state index is 12.0. The number of hydrogen-bond donors (Lipinski definition) is 1. The summed E-state index contributed by atoms with van der Waals surface area (Å²) in [6, 6.07) is 14.3. The van der Waals surface area contributed by atoms with Gasteiger partial charge in [0.15, 0.2) is 6.10 Å². The number of amides is 1. The number of esters is 1. The third-order valence-electron chi connectivity index (χ3n) is 3.26. The van der Waals surface area contributed by atoms with Crippen molar-refractivity contribution in [3.05, 3.63) is 64.7 Å². The van der Waals surface area contributed by atoms with E-state index in [1.54, 1.807) is 43.3 Å². The molecule has 0 aliphatic heterocycles. The molecule has 0 bridgehead atoms. The van der Waals surface area contributed by atoms with Gasteiger partial charge in [0.1, 0.15) is 0 Å². The van der Waals surface area contributed by atoms with Crippen molar-refractivity contribution in [3.8, 4) is 0 Å². The van der Waals surface area contributed by atoms with E-state index in [0.29, 0.717) is 10.7 Å². The molecule has 0 saturated heterocycles. The number of aryl methyl sites for hydroxylation is 1. The summed E-state index contributed by atoms with van der Waals surface area (Å²) < 4.78 is 5.16. The van der Waals surface area contributed by atoms with Crippen molar-refractivity contribution in [2.24, 2.45) is 0 Å². The van der Waals surface area contributed by atoms with Gasteiger partial charge in [0.2, 0.25) is 0 Å². The van der Waals surface area contributed by atoms with E-state index in [1.807, 2.05) is 19.1 Å². The molecule has 1 amide bonds. The smallest absolute Gasteiger partial charge is 0.311 e. The van der Waals surface area contributed by atoms with Crippen molar-refractivity contribution < 1.29 is 14.3 Å². The molecular formula is C18H18ClNO3. The number of benzene rings is 2. The number of halogens is 1. The molecule has 0 fully saturated rings. The highest BCUT2D eigenvalue weighted by atomic mass is 35.5. The lowest BCUT2D eigenvalue weighted by molar-refractivity contribution is -0.152. The van der Waals surface area contributed by atoms with Gasteiger partial charge in [0, 0.05) is 10.7 Å². The van der Waals surface area contributed by atoms with Crippen LogP contribution in [0.1, 0.15) is 18.1 Å². The van der Waals surface area contributed by atoms with Gasteiger partial charge < -0.3 is 10.1 Å². The van der Waals surface area contributed by atoms with Crippen molar-refractivity contribution in [1.29, 1.82) is 0 Å². The van der Waals surface area contributed by atoms with Gasteiger partial charge in [0.05, 0.1) is 6.42 Å². The number of carbonyl (C=O) groups is 2. The van der Waals surface area contributed by atoms with Crippen molar-refractivity contribution >= 4 is 29.2 Å². The zero-order valence-corrected chi connectivity index (χ0v) is 13.8. The molecule has 0 heterocycles. The van der Waals surface area contributed by atoms with Crippen LogP contribution in [0.2, 0.25) is 5.02 Å². The summed E-state index contributed by atoms with van der Waals surface area (Å²) in [6.45, 7) is 3.51. The van der Waals surface area contributed by atoms with E-state index in [1.165, 1.54) is 0 Å². The Morgan fingerprint density at radius 1 is 1.09 bits per heavy atom. The SMILES string of the molecule is Cc1ccc(NC(=O)[C@H](C)OC(=O)Cc2ccc(Cl)cc2)cc1. The molecule has 0 unspecified atom stereocenters. The second-order valence-electron chi connectivity index (χ2n) is 5.29.